The third-order valence-electron chi connectivity index (χ3n) is 5.00. The van der Waals surface area contributed by atoms with E-state index < -0.39 is 0 Å². The van der Waals surface area contributed by atoms with Crippen molar-refractivity contribution in [2.24, 2.45) is 5.92 Å². The second kappa shape index (κ2) is 5.96. The van der Waals surface area contributed by atoms with E-state index in [9.17, 15) is 4.79 Å². The molecular formula is C18H22N2O3. The van der Waals surface area contributed by atoms with Gasteiger partial charge >= 0.3 is 0 Å². The van der Waals surface area contributed by atoms with E-state index in [1.54, 1.807) is 6.20 Å². The van der Waals surface area contributed by atoms with Gasteiger partial charge < -0.3 is 14.4 Å². The van der Waals surface area contributed by atoms with Crippen molar-refractivity contribution in [3.63, 3.8) is 0 Å². The van der Waals surface area contributed by atoms with Gasteiger partial charge in [-0.2, -0.15) is 0 Å². The Balaban J connectivity index is 1.32. The Morgan fingerprint density at radius 1 is 1.30 bits per heavy atom. The van der Waals surface area contributed by atoms with Crippen LogP contribution >= 0.6 is 0 Å². The fourth-order valence-electron chi connectivity index (χ4n) is 3.77. The van der Waals surface area contributed by atoms with Crippen LogP contribution in [0.2, 0.25) is 0 Å². The number of ether oxygens (including phenoxy) is 2. The molecule has 23 heavy (non-hydrogen) atoms. The van der Waals surface area contributed by atoms with Crippen molar-refractivity contribution in [2.45, 2.75) is 37.4 Å². The Hall–Kier alpha value is -1.88. The number of hydrogen-bond donors (Lipinski definition) is 0. The zero-order valence-electron chi connectivity index (χ0n) is 13.2. The number of aromatic nitrogens is 1. The van der Waals surface area contributed by atoms with Crippen LogP contribution in [0.5, 0.6) is 5.88 Å². The zero-order chi connectivity index (χ0) is 15.7. The third-order valence-corrected chi connectivity index (χ3v) is 5.00. The highest BCUT2D eigenvalue weighted by Gasteiger charge is 2.50. The van der Waals surface area contributed by atoms with Crippen molar-refractivity contribution in [3.8, 4) is 5.88 Å². The fourth-order valence-corrected chi connectivity index (χ4v) is 3.77. The van der Waals surface area contributed by atoms with Gasteiger partial charge in [-0.25, -0.2) is 4.98 Å². The van der Waals surface area contributed by atoms with Gasteiger partial charge in [-0.1, -0.05) is 18.2 Å². The molecule has 4 rings (SSSR count). The summed E-state index contributed by atoms with van der Waals surface area (Å²) in [6, 6.07) is 5.69. The zero-order valence-corrected chi connectivity index (χ0v) is 13.2. The highest BCUT2D eigenvalue weighted by Crippen LogP contribution is 2.37. The lowest BCUT2D eigenvalue weighted by molar-refractivity contribution is -0.195. The Morgan fingerprint density at radius 2 is 2.13 bits per heavy atom. The van der Waals surface area contributed by atoms with Crippen molar-refractivity contribution < 1.29 is 14.3 Å². The lowest BCUT2D eigenvalue weighted by Crippen LogP contribution is -2.68. The molecule has 5 nitrogen and oxygen atoms in total. The Morgan fingerprint density at radius 3 is 2.87 bits per heavy atom. The molecule has 2 fully saturated rings. The summed E-state index contributed by atoms with van der Waals surface area (Å²) >= 11 is 0. The van der Waals surface area contributed by atoms with Gasteiger partial charge in [0.1, 0.15) is 11.7 Å². The van der Waals surface area contributed by atoms with E-state index in [-0.39, 0.29) is 23.5 Å². The molecule has 1 aromatic heterocycles. The van der Waals surface area contributed by atoms with E-state index >= 15 is 0 Å². The Bertz CT molecular complexity index is 588. The van der Waals surface area contributed by atoms with Gasteiger partial charge in [-0.3, -0.25) is 4.79 Å². The molecule has 1 aromatic rings. The van der Waals surface area contributed by atoms with Crippen LogP contribution in [-0.4, -0.2) is 47.2 Å². The smallest absolute Gasteiger partial charge is 0.226 e. The predicted molar refractivity (Wildman–Crippen MR) is 85.0 cm³/mol. The molecule has 1 amide bonds. The summed E-state index contributed by atoms with van der Waals surface area (Å²) in [5.74, 6) is 1.09. The monoisotopic (exact) mass is 314 g/mol. The average Bonchev–Trinajstić information content (AvgIpc) is 3.07. The average molecular weight is 314 g/mol. The molecule has 3 heterocycles. The minimum Gasteiger partial charge on any atom is -0.474 e. The van der Waals surface area contributed by atoms with Gasteiger partial charge in [-0.15, -0.1) is 0 Å². The number of amides is 1. The maximum atomic E-state index is 12.4. The molecule has 5 heteroatoms. The van der Waals surface area contributed by atoms with Gasteiger partial charge in [0.05, 0.1) is 19.7 Å². The van der Waals surface area contributed by atoms with Gasteiger partial charge in [0.25, 0.3) is 0 Å². The second-order valence-electron chi connectivity index (χ2n) is 6.77. The highest BCUT2D eigenvalue weighted by molar-refractivity contribution is 5.80. The van der Waals surface area contributed by atoms with E-state index in [2.05, 4.69) is 17.1 Å². The van der Waals surface area contributed by atoms with Crippen LogP contribution in [0.4, 0.5) is 0 Å². The van der Waals surface area contributed by atoms with Crippen LogP contribution in [0.15, 0.2) is 36.5 Å². The van der Waals surface area contributed by atoms with Crippen LogP contribution in [-0.2, 0) is 9.53 Å². The van der Waals surface area contributed by atoms with Crippen molar-refractivity contribution in [2.75, 3.05) is 19.7 Å². The molecule has 2 saturated heterocycles. The minimum absolute atomic E-state index is 0.115. The second-order valence-corrected chi connectivity index (χ2v) is 6.77. The summed E-state index contributed by atoms with van der Waals surface area (Å²) in [5.41, 5.74) is -0.209. The van der Waals surface area contributed by atoms with Gasteiger partial charge in [0.15, 0.2) is 0 Å². The van der Waals surface area contributed by atoms with Crippen molar-refractivity contribution in [3.05, 3.63) is 36.5 Å². The first-order valence-corrected chi connectivity index (χ1v) is 8.40. The maximum Gasteiger partial charge on any atom is 0.226 e. The quantitative estimate of drug-likeness (QED) is 0.803. The molecule has 1 aliphatic carbocycles. The number of carbonyl (C=O) groups excluding carboxylic acids is 1. The molecule has 1 spiro atoms. The van der Waals surface area contributed by atoms with E-state index in [0.29, 0.717) is 25.6 Å². The molecule has 0 bridgehead atoms. The van der Waals surface area contributed by atoms with E-state index in [0.717, 1.165) is 25.7 Å². The van der Waals surface area contributed by atoms with Gasteiger partial charge in [0, 0.05) is 31.0 Å². The summed E-state index contributed by atoms with van der Waals surface area (Å²) < 4.78 is 12.0. The van der Waals surface area contributed by atoms with Crippen molar-refractivity contribution in [1.29, 1.82) is 0 Å². The molecule has 2 aliphatic heterocycles. The molecule has 122 valence electrons. The first kappa shape index (κ1) is 14.7. The molecule has 0 saturated carbocycles. The number of pyridine rings is 1. The van der Waals surface area contributed by atoms with Crippen LogP contribution in [0.3, 0.4) is 0 Å². The largest absolute Gasteiger partial charge is 0.474 e. The van der Waals surface area contributed by atoms with Crippen LogP contribution < -0.4 is 4.74 Å². The van der Waals surface area contributed by atoms with Crippen molar-refractivity contribution >= 4 is 5.91 Å². The fraction of sp³-hybridized carbons (Fsp3) is 0.556. The van der Waals surface area contributed by atoms with Gasteiger partial charge in [-0.05, 0) is 18.9 Å². The molecule has 3 aliphatic rings. The molecule has 0 unspecified atom stereocenters. The molecular weight excluding hydrogens is 292 g/mol. The molecule has 0 radical (unpaired) electrons. The normalized spacial score (nSPS) is 26.3. The van der Waals surface area contributed by atoms with Crippen molar-refractivity contribution in [1.82, 2.24) is 9.88 Å². The Kier molecular flexibility index (Phi) is 3.81. The third kappa shape index (κ3) is 2.98. The number of rotatable bonds is 3. The topological polar surface area (TPSA) is 51.7 Å². The summed E-state index contributed by atoms with van der Waals surface area (Å²) in [4.78, 5) is 18.6. The summed E-state index contributed by atoms with van der Waals surface area (Å²) in [6.07, 6.45) is 9.53. The summed E-state index contributed by atoms with van der Waals surface area (Å²) in [5, 5.41) is 0. The maximum absolute atomic E-state index is 12.4. The van der Waals surface area contributed by atoms with E-state index in [1.165, 1.54) is 0 Å². The number of allylic oxidation sites excluding steroid dienone is 2. The minimum atomic E-state index is -0.209. The molecule has 0 aromatic carbocycles. The lowest BCUT2D eigenvalue weighted by Gasteiger charge is -2.53. The van der Waals surface area contributed by atoms with E-state index in [1.807, 2.05) is 23.1 Å². The van der Waals surface area contributed by atoms with Crippen LogP contribution in [0.1, 0.15) is 25.7 Å². The van der Waals surface area contributed by atoms with Crippen LogP contribution in [0.25, 0.3) is 0 Å². The first-order valence-electron chi connectivity index (χ1n) is 8.40. The van der Waals surface area contributed by atoms with Crippen LogP contribution in [0, 0.1) is 5.92 Å². The predicted octanol–water partition coefficient (Wildman–Crippen LogP) is 2.19. The Labute approximate surface area is 136 Å². The standard InChI is InChI=1S/C18H22N2O3/c21-17(14-5-1-2-6-14)20-12-18(13-20)11-15(8-10-22-18)23-16-7-3-4-9-19-16/h1-4,7,9,14-15H,5-6,8,10-13H2/t15-/m0/s1. The number of hydrogen-bond acceptors (Lipinski definition) is 4. The highest BCUT2D eigenvalue weighted by atomic mass is 16.5. The summed E-state index contributed by atoms with van der Waals surface area (Å²) in [7, 11) is 0. The molecule has 0 N–H and O–H groups in total. The van der Waals surface area contributed by atoms with Gasteiger partial charge in [0.2, 0.25) is 11.8 Å². The van der Waals surface area contributed by atoms with E-state index in [4.69, 9.17) is 9.47 Å². The summed E-state index contributed by atoms with van der Waals surface area (Å²) in [6.45, 7) is 2.08. The lowest BCUT2D eigenvalue weighted by atomic mass is 9.83. The number of likely N-dealkylation sites (tertiary alicyclic amines) is 1. The number of nitrogens with zero attached hydrogens (tertiary/aromatic N) is 2. The molecule has 1 atom stereocenters. The number of carbonyl (C=O) groups is 1. The SMILES string of the molecule is O=C(C1CC=CC1)N1CC2(C[C@@H](Oc3ccccn3)CCO2)C1. The first-order chi connectivity index (χ1) is 11.2.